The van der Waals surface area contributed by atoms with E-state index in [4.69, 9.17) is 0 Å². The number of benzene rings is 1. The molecule has 2 heterocycles. The Labute approximate surface area is 159 Å². The van der Waals surface area contributed by atoms with E-state index in [-0.39, 0.29) is 11.0 Å². The van der Waals surface area contributed by atoms with E-state index in [9.17, 15) is 23.1 Å². The first-order valence-electron chi connectivity index (χ1n) is 8.81. The Morgan fingerprint density at radius 2 is 1.79 bits per heavy atom. The minimum atomic E-state index is -4.43. The highest BCUT2D eigenvalue weighted by Crippen LogP contribution is 2.39. The summed E-state index contributed by atoms with van der Waals surface area (Å²) in [5.74, 6) is 0. The van der Waals surface area contributed by atoms with Crippen LogP contribution in [0.1, 0.15) is 50.6 Å². The minimum absolute atomic E-state index is 0.193. The van der Waals surface area contributed by atoms with Crippen molar-refractivity contribution >= 4 is 11.0 Å². The lowest BCUT2D eigenvalue weighted by atomic mass is 9.82. The molecule has 3 aromatic rings. The summed E-state index contributed by atoms with van der Waals surface area (Å²) < 4.78 is 40.3. The maximum atomic E-state index is 12.9. The van der Waals surface area contributed by atoms with Gasteiger partial charge in [-0.2, -0.15) is 23.3 Å². The predicted molar refractivity (Wildman–Crippen MR) is 98.2 cm³/mol. The summed E-state index contributed by atoms with van der Waals surface area (Å²) in [5.41, 5.74) is -0.429. The van der Waals surface area contributed by atoms with Crippen LogP contribution in [0.5, 0.6) is 6.01 Å². The summed E-state index contributed by atoms with van der Waals surface area (Å²) in [5, 5.41) is 14.6. The molecule has 0 aliphatic rings. The van der Waals surface area contributed by atoms with Gasteiger partial charge in [-0.05, 0) is 29.5 Å². The topological polar surface area (TPSA) is 83.8 Å². The zero-order chi connectivity index (χ0) is 20.9. The number of nitrogens with one attached hydrogen (secondary N) is 1. The van der Waals surface area contributed by atoms with Gasteiger partial charge in [-0.1, -0.05) is 39.8 Å². The number of aryl methyl sites for hydroxylation is 1. The second-order valence-electron chi connectivity index (χ2n) is 7.72. The molecule has 1 atom stereocenters. The molecule has 0 fully saturated rings. The van der Waals surface area contributed by atoms with Crippen LogP contribution < -0.4 is 5.56 Å². The highest BCUT2D eigenvalue weighted by Gasteiger charge is 2.34. The van der Waals surface area contributed by atoms with Crippen molar-refractivity contribution in [2.45, 2.75) is 46.3 Å². The number of aromatic amines is 1. The largest absolute Gasteiger partial charge is 0.480 e. The number of hydrogen-bond acceptors (Lipinski definition) is 4. The number of aromatic hydroxyl groups is 1. The number of halogens is 3. The first-order chi connectivity index (χ1) is 12.9. The molecule has 2 aromatic heterocycles. The van der Waals surface area contributed by atoms with Gasteiger partial charge in [0, 0.05) is 0 Å². The van der Waals surface area contributed by atoms with E-state index < -0.39 is 34.8 Å². The molecule has 28 heavy (non-hydrogen) atoms. The van der Waals surface area contributed by atoms with Gasteiger partial charge in [-0.15, -0.1) is 0 Å². The number of alkyl halides is 3. The van der Waals surface area contributed by atoms with Crippen molar-refractivity contribution in [3.8, 4) is 6.01 Å². The fraction of sp³-hybridized carbons (Fsp3) is 0.421. The Hall–Kier alpha value is -2.84. The van der Waals surface area contributed by atoms with E-state index >= 15 is 0 Å². The molecule has 0 radical (unpaired) electrons. The summed E-state index contributed by atoms with van der Waals surface area (Å²) in [7, 11) is 0. The molecular weight excluding hydrogens is 373 g/mol. The zero-order valence-electron chi connectivity index (χ0n) is 15.9. The molecule has 2 N–H and O–H groups in total. The summed E-state index contributed by atoms with van der Waals surface area (Å²) >= 11 is 0. The molecule has 1 aromatic carbocycles. The Morgan fingerprint density at radius 1 is 1.18 bits per heavy atom. The molecule has 0 aliphatic heterocycles. The minimum Gasteiger partial charge on any atom is -0.480 e. The summed E-state index contributed by atoms with van der Waals surface area (Å²) in [6.07, 6.45) is -3.97. The number of nitrogens with zero attached hydrogens (tertiary/aromatic N) is 3. The number of rotatable bonds is 3. The highest BCUT2D eigenvalue weighted by molar-refractivity contribution is 5.77. The molecule has 0 aliphatic carbocycles. The van der Waals surface area contributed by atoms with Crippen molar-refractivity contribution in [1.29, 1.82) is 0 Å². The van der Waals surface area contributed by atoms with Crippen molar-refractivity contribution in [2.24, 2.45) is 5.41 Å². The summed E-state index contributed by atoms with van der Waals surface area (Å²) in [6.45, 7) is 7.59. The van der Waals surface area contributed by atoms with Crippen molar-refractivity contribution in [3.63, 3.8) is 0 Å². The zero-order valence-corrected chi connectivity index (χ0v) is 15.9. The Balaban J connectivity index is 2.26. The second-order valence-corrected chi connectivity index (χ2v) is 7.72. The molecular formula is C19H21F3N4O2. The Morgan fingerprint density at radius 3 is 2.29 bits per heavy atom. The van der Waals surface area contributed by atoms with E-state index in [0.717, 1.165) is 12.1 Å². The van der Waals surface area contributed by atoms with Crippen LogP contribution in [0.25, 0.3) is 11.0 Å². The van der Waals surface area contributed by atoms with Gasteiger partial charge in [-0.25, -0.2) is 4.68 Å². The van der Waals surface area contributed by atoms with Crippen LogP contribution in [-0.4, -0.2) is 24.9 Å². The first-order valence-corrected chi connectivity index (χ1v) is 8.81. The second kappa shape index (κ2) is 6.65. The molecule has 3 rings (SSSR count). The number of hydrogen-bond donors (Lipinski definition) is 2. The van der Waals surface area contributed by atoms with Crippen molar-refractivity contribution in [3.05, 3.63) is 51.4 Å². The predicted octanol–water partition coefficient (Wildman–Crippen LogP) is 4.04. The van der Waals surface area contributed by atoms with Crippen molar-refractivity contribution < 1.29 is 18.3 Å². The lowest BCUT2D eigenvalue weighted by molar-refractivity contribution is -0.137. The van der Waals surface area contributed by atoms with Crippen LogP contribution in [0.15, 0.2) is 29.1 Å². The van der Waals surface area contributed by atoms with Crippen LogP contribution in [0, 0.1) is 5.41 Å². The van der Waals surface area contributed by atoms with E-state index in [1.165, 1.54) is 16.8 Å². The first kappa shape index (κ1) is 19.9. The standard InChI is InChI=1S/C19H21F3N4O2/c1-5-12-13-15(23-17(28)24-16(13)27)26(25-12)14(18(2,3)4)10-6-8-11(9-7-10)19(20,21)22/h6-9,14H,5H2,1-4H3,(H2,23,24,27,28). The van der Waals surface area contributed by atoms with Crippen LogP contribution in [0.2, 0.25) is 0 Å². The third kappa shape index (κ3) is 3.48. The molecule has 1 unspecified atom stereocenters. The Bertz CT molecular complexity index is 1060. The monoisotopic (exact) mass is 394 g/mol. The van der Waals surface area contributed by atoms with Crippen LogP contribution in [0.4, 0.5) is 13.2 Å². The molecule has 0 amide bonds. The van der Waals surface area contributed by atoms with Crippen molar-refractivity contribution in [2.75, 3.05) is 0 Å². The average Bonchev–Trinajstić information content (AvgIpc) is 2.92. The van der Waals surface area contributed by atoms with Crippen LogP contribution in [-0.2, 0) is 12.6 Å². The lowest BCUT2D eigenvalue weighted by Gasteiger charge is -2.31. The maximum Gasteiger partial charge on any atom is 0.416 e. The van der Waals surface area contributed by atoms with Gasteiger partial charge >= 0.3 is 6.18 Å². The molecule has 0 bridgehead atoms. The SMILES string of the molecule is CCc1nn(C(c2ccc(C(F)(F)F)cc2)C(C)(C)C)c2nc(O)[nH]c(=O)c12. The lowest BCUT2D eigenvalue weighted by Crippen LogP contribution is -2.27. The fourth-order valence-electron chi connectivity index (χ4n) is 3.39. The Kier molecular flexibility index (Phi) is 4.73. The van der Waals surface area contributed by atoms with Crippen LogP contribution in [0.3, 0.4) is 0 Å². The molecule has 9 heteroatoms. The molecule has 0 saturated heterocycles. The van der Waals surface area contributed by atoms with E-state index in [0.29, 0.717) is 17.7 Å². The van der Waals surface area contributed by atoms with Gasteiger partial charge in [0.15, 0.2) is 5.65 Å². The van der Waals surface area contributed by atoms with Gasteiger partial charge in [0.25, 0.3) is 11.6 Å². The van der Waals surface area contributed by atoms with E-state index in [1.54, 1.807) is 0 Å². The van der Waals surface area contributed by atoms with E-state index in [2.05, 4.69) is 15.1 Å². The molecule has 0 saturated carbocycles. The summed E-state index contributed by atoms with van der Waals surface area (Å²) in [4.78, 5) is 18.6. The quantitative estimate of drug-likeness (QED) is 0.702. The fourth-order valence-corrected chi connectivity index (χ4v) is 3.39. The van der Waals surface area contributed by atoms with Gasteiger partial charge in [-0.3, -0.25) is 9.78 Å². The van der Waals surface area contributed by atoms with Gasteiger partial charge in [0.05, 0.1) is 17.3 Å². The summed E-state index contributed by atoms with van der Waals surface area (Å²) in [6, 6.07) is 3.82. The average molecular weight is 394 g/mol. The van der Waals surface area contributed by atoms with Gasteiger partial charge in [0.1, 0.15) is 5.39 Å². The highest BCUT2D eigenvalue weighted by atomic mass is 19.4. The molecule has 0 spiro atoms. The molecule has 150 valence electrons. The van der Waals surface area contributed by atoms with Crippen molar-refractivity contribution in [1.82, 2.24) is 19.7 Å². The third-order valence-electron chi connectivity index (χ3n) is 4.58. The number of H-pyrrole nitrogens is 1. The number of fused-ring (bicyclic) bond motifs is 1. The van der Waals surface area contributed by atoms with Crippen LogP contribution >= 0.6 is 0 Å². The maximum absolute atomic E-state index is 12.9. The van der Waals surface area contributed by atoms with Gasteiger partial charge in [0.2, 0.25) is 0 Å². The number of aromatic nitrogens is 4. The third-order valence-corrected chi connectivity index (χ3v) is 4.58. The smallest absolute Gasteiger partial charge is 0.416 e. The molecule has 6 nitrogen and oxygen atoms in total. The normalized spacial score (nSPS) is 13.8. The van der Waals surface area contributed by atoms with Gasteiger partial charge < -0.3 is 5.11 Å². The van der Waals surface area contributed by atoms with E-state index in [1.807, 2.05) is 27.7 Å².